The van der Waals surface area contributed by atoms with Gasteiger partial charge in [-0.25, -0.2) is 0 Å². The standard InChI is InChI=1S/C9H15N3O4/c1-8(13)16-6-2-4-11-5-3-10-9(11)7-12(14)15/h7,10H,2-6H2,1H3/b9-7+. The molecule has 1 fully saturated rings. The number of nitro groups is 1. The third-order valence-corrected chi connectivity index (χ3v) is 2.13. The summed E-state index contributed by atoms with van der Waals surface area (Å²) >= 11 is 0. The molecular weight excluding hydrogens is 214 g/mol. The van der Waals surface area contributed by atoms with E-state index >= 15 is 0 Å². The van der Waals surface area contributed by atoms with Crippen molar-refractivity contribution >= 4 is 5.97 Å². The van der Waals surface area contributed by atoms with E-state index in [1.807, 2.05) is 4.90 Å². The van der Waals surface area contributed by atoms with E-state index in [0.717, 1.165) is 12.7 Å². The fraction of sp³-hybridized carbons (Fsp3) is 0.667. The summed E-state index contributed by atoms with van der Waals surface area (Å²) in [5.41, 5.74) is 0. The van der Waals surface area contributed by atoms with E-state index in [0.29, 0.717) is 31.9 Å². The van der Waals surface area contributed by atoms with Crippen molar-refractivity contribution in [2.75, 3.05) is 26.2 Å². The first kappa shape index (κ1) is 12.3. The van der Waals surface area contributed by atoms with Gasteiger partial charge in [0.25, 0.3) is 6.20 Å². The van der Waals surface area contributed by atoms with Crippen LogP contribution < -0.4 is 5.32 Å². The van der Waals surface area contributed by atoms with Gasteiger partial charge in [-0.2, -0.15) is 0 Å². The van der Waals surface area contributed by atoms with Gasteiger partial charge in [0.1, 0.15) is 0 Å². The van der Waals surface area contributed by atoms with Crippen LogP contribution in [0, 0.1) is 10.1 Å². The minimum absolute atomic E-state index is 0.305. The normalized spacial score (nSPS) is 17.3. The van der Waals surface area contributed by atoms with E-state index in [2.05, 4.69) is 5.32 Å². The van der Waals surface area contributed by atoms with Crippen molar-refractivity contribution < 1.29 is 14.5 Å². The molecule has 0 amide bonds. The summed E-state index contributed by atoms with van der Waals surface area (Å²) < 4.78 is 4.78. The summed E-state index contributed by atoms with van der Waals surface area (Å²) in [5, 5.41) is 13.2. The molecule has 1 saturated heterocycles. The molecule has 0 bridgehead atoms. The topological polar surface area (TPSA) is 84.7 Å². The van der Waals surface area contributed by atoms with Gasteiger partial charge in [-0.15, -0.1) is 0 Å². The second-order valence-electron chi connectivity index (χ2n) is 3.41. The number of hydrogen-bond donors (Lipinski definition) is 1. The van der Waals surface area contributed by atoms with Gasteiger partial charge in [0.15, 0.2) is 5.82 Å². The molecule has 7 heteroatoms. The third-order valence-electron chi connectivity index (χ3n) is 2.13. The van der Waals surface area contributed by atoms with Crippen LogP contribution in [-0.2, 0) is 9.53 Å². The maximum absolute atomic E-state index is 10.5. The maximum atomic E-state index is 10.5. The Morgan fingerprint density at radius 2 is 2.50 bits per heavy atom. The predicted molar refractivity (Wildman–Crippen MR) is 55.9 cm³/mol. The number of carbonyl (C=O) groups excluding carboxylic acids is 1. The molecule has 1 heterocycles. The molecule has 7 nitrogen and oxygen atoms in total. The first-order chi connectivity index (χ1) is 7.59. The molecule has 16 heavy (non-hydrogen) atoms. The average molecular weight is 229 g/mol. The Hall–Kier alpha value is -1.79. The van der Waals surface area contributed by atoms with Gasteiger partial charge in [0.2, 0.25) is 0 Å². The smallest absolute Gasteiger partial charge is 0.302 e. The number of nitrogens with one attached hydrogen (secondary N) is 1. The fourth-order valence-corrected chi connectivity index (χ4v) is 1.48. The molecule has 1 aliphatic rings. The molecule has 1 rings (SSSR count). The summed E-state index contributed by atoms with van der Waals surface area (Å²) in [7, 11) is 0. The van der Waals surface area contributed by atoms with Gasteiger partial charge in [-0.3, -0.25) is 14.9 Å². The van der Waals surface area contributed by atoms with E-state index < -0.39 is 4.92 Å². The van der Waals surface area contributed by atoms with Crippen LogP contribution in [0.5, 0.6) is 0 Å². The van der Waals surface area contributed by atoms with Crippen molar-refractivity contribution in [3.8, 4) is 0 Å². The average Bonchev–Trinajstić information content (AvgIpc) is 2.59. The SMILES string of the molecule is CC(=O)OCCCN1CCN/C1=C\[N+](=O)[O-]. The number of rotatable bonds is 5. The highest BCUT2D eigenvalue weighted by Crippen LogP contribution is 2.07. The molecule has 0 radical (unpaired) electrons. The molecule has 0 atom stereocenters. The Kier molecular flexibility index (Phi) is 4.56. The molecule has 90 valence electrons. The predicted octanol–water partition coefficient (Wildman–Crippen LogP) is -0.0796. The molecule has 0 aromatic rings. The largest absolute Gasteiger partial charge is 0.466 e. The quantitative estimate of drug-likeness (QED) is 0.307. The molecule has 1 aliphatic heterocycles. The van der Waals surface area contributed by atoms with E-state index in [1.54, 1.807) is 0 Å². The molecule has 0 saturated carbocycles. The number of esters is 1. The highest BCUT2D eigenvalue weighted by Gasteiger charge is 2.18. The monoisotopic (exact) mass is 229 g/mol. The summed E-state index contributed by atoms with van der Waals surface area (Å²) in [6.07, 6.45) is 1.62. The first-order valence-corrected chi connectivity index (χ1v) is 5.07. The Bertz CT molecular complexity index is 303. The molecule has 1 N–H and O–H groups in total. The van der Waals surface area contributed by atoms with Crippen molar-refractivity contribution in [2.45, 2.75) is 13.3 Å². The lowest BCUT2D eigenvalue weighted by atomic mass is 10.4. The number of nitrogens with zero attached hydrogens (tertiary/aromatic N) is 2. The van der Waals surface area contributed by atoms with Gasteiger partial charge in [0.05, 0.1) is 11.5 Å². The summed E-state index contributed by atoms with van der Waals surface area (Å²) in [6.45, 7) is 3.78. The lowest BCUT2D eigenvalue weighted by molar-refractivity contribution is -0.404. The van der Waals surface area contributed by atoms with Crippen molar-refractivity contribution in [3.05, 3.63) is 22.1 Å². The van der Waals surface area contributed by atoms with E-state index in [9.17, 15) is 14.9 Å². The van der Waals surface area contributed by atoms with Crippen LogP contribution in [0.1, 0.15) is 13.3 Å². The molecule has 0 aliphatic carbocycles. The Morgan fingerprint density at radius 3 is 3.12 bits per heavy atom. The van der Waals surface area contributed by atoms with Crippen LogP contribution in [0.4, 0.5) is 0 Å². The lowest BCUT2D eigenvalue weighted by Crippen LogP contribution is -2.23. The minimum Gasteiger partial charge on any atom is -0.466 e. The van der Waals surface area contributed by atoms with Crippen molar-refractivity contribution in [1.29, 1.82) is 0 Å². The molecule has 0 aromatic carbocycles. The number of carbonyl (C=O) groups is 1. The van der Waals surface area contributed by atoms with E-state index in [-0.39, 0.29) is 5.97 Å². The Morgan fingerprint density at radius 1 is 1.75 bits per heavy atom. The molecule has 0 aromatic heterocycles. The maximum Gasteiger partial charge on any atom is 0.302 e. The van der Waals surface area contributed by atoms with Crippen LogP contribution in [0.2, 0.25) is 0 Å². The lowest BCUT2D eigenvalue weighted by Gasteiger charge is -2.16. The van der Waals surface area contributed by atoms with Crippen molar-refractivity contribution in [2.24, 2.45) is 0 Å². The van der Waals surface area contributed by atoms with E-state index in [1.165, 1.54) is 6.92 Å². The van der Waals surface area contributed by atoms with E-state index in [4.69, 9.17) is 4.74 Å². The van der Waals surface area contributed by atoms with Crippen LogP contribution in [-0.4, -0.2) is 42.0 Å². The summed E-state index contributed by atoms with van der Waals surface area (Å²) in [6, 6.07) is 0. The van der Waals surface area contributed by atoms with Gasteiger partial charge < -0.3 is 15.0 Å². The van der Waals surface area contributed by atoms with Crippen LogP contribution in [0.3, 0.4) is 0 Å². The van der Waals surface area contributed by atoms with Crippen LogP contribution in [0.25, 0.3) is 0 Å². The summed E-state index contributed by atoms with van der Waals surface area (Å²) in [4.78, 5) is 22.2. The fourth-order valence-electron chi connectivity index (χ4n) is 1.48. The zero-order valence-corrected chi connectivity index (χ0v) is 9.14. The summed E-state index contributed by atoms with van der Waals surface area (Å²) in [5.74, 6) is 0.216. The highest BCUT2D eigenvalue weighted by atomic mass is 16.6. The van der Waals surface area contributed by atoms with Gasteiger partial charge in [-0.1, -0.05) is 0 Å². The second kappa shape index (κ2) is 5.94. The highest BCUT2D eigenvalue weighted by molar-refractivity contribution is 5.65. The molecule has 0 spiro atoms. The van der Waals surface area contributed by atoms with Gasteiger partial charge in [0, 0.05) is 26.6 Å². The van der Waals surface area contributed by atoms with Gasteiger partial charge in [-0.05, 0) is 6.42 Å². The minimum atomic E-state index is -0.479. The zero-order chi connectivity index (χ0) is 12.0. The Labute approximate surface area is 93.2 Å². The zero-order valence-electron chi connectivity index (χ0n) is 9.14. The Balaban J connectivity index is 2.30. The van der Waals surface area contributed by atoms with Crippen LogP contribution in [0.15, 0.2) is 12.0 Å². The number of hydrogen-bond acceptors (Lipinski definition) is 6. The van der Waals surface area contributed by atoms with Crippen LogP contribution >= 0.6 is 0 Å². The second-order valence-corrected chi connectivity index (χ2v) is 3.41. The van der Waals surface area contributed by atoms with Gasteiger partial charge >= 0.3 is 5.97 Å². The molecule has 0 unspecified atom stereocenters. The third kappa shape index (κ3) is 4.16. The number of ether oxygens (including phenoxy) is 1. The molecular formula is C9H15N3O4. The van der Waals surface area contributed by atoms with Crippen molar-refractivity contribution in [1.82, 2.24) is 10.2 Å². The van der Waals surface area contributed by atoms with Crippen molar-refractivity contribution in [3.63, 3.8) is 0 Å². The first-order valence-electron chi connectivity index (χ1n) is 5.07.